The fourth-order valence-corrected chi connectivity index (χ4v) is 5.45. The molecule has 0 atom stereocenters. The zero-order valence-electron chi connectivity index (χ0n) is 23.7. The van der Waals surface area contributed by atoms with Gasteiger partial charge in [0.1, 0.15) is 11.9 Å². The van der Waals surface area contributed by atoms with Gasteiger partial charge in [0, 0.05) is 39.5 Å². The summed E-state index contributed by atoms with van der Waals surface area (Å²) in [6.45, 7) is 10.2. The molecule has 0 radical (unpaired) electrons. The van der Waals surface area contributed by atoms with Crippen LogP contribution in [0, 0.1) is 6.92 Å². The number of aryl methyl sites for hydroxylation is 1. The predicted octanol–water partition coefficient (Wildman–Crippen LogP) is 7.29. The largest absolute Gasteiger partial charge is 0.462 e. The van der Waals surface area contributed by atoms with Gasteiger partial charge >= 0.3 is 0 Å². The van der Waals surface area contributed by atoms with Crippen LogP contribution in [0.5, 0.6) is 0 Å². The molecule has 0 aliphatic carbocycles. The highest BCUT2D eigenvalue weighted by molar-refractivity contribution is 7.97. The molecule has 0 saturated carbocycles. The number of halogens is 1. The maximum Gasteiger partial charge on any atom is 0.293 e. The van der Waals surface area contributed by atoms with E-state index in [-0.39, 0.29) is 5.60 Å². The van der Waals surface area contributed by atoms with Crippen LogP contribution in [0.2, 0.25) is 5.02 Å². The summed E-state index contributed by atoms with van der Waals surface area (Å²) >= 11 is 7.86. The molecule has 0 unspecified atom stereocenters. The minimum atomic E-state index is -0.318. The molecule has 1 aliphatic heterocycles. The first-order valence-corrected chi connectivity index (χ1v) is 14.5. The lowest BCUT2D eigenvalue weighted by atomic mass is 9.89. The minimum absolute atomic E-state index is 0.318. The maximum absolute atomic E-state index is 9.60. The number of ether oxygens (including phenoxy) is 1. The van der Waals surface area contributed by atoms with Gasteiger partial charge in [-0.05, 0) is 91.0 Å². The van der Waals surface area contributed by atoms with E-state index in [4.69, 9.17) is 16.7 Å². The lowest BCUT2D eigenvalue weighted by molar-refractivity contribution is -0.138. The van der Waals surface area contributed by atoms with E-state index in [1.54, 1.807) is 24.5 Å². The van der Waals surface area contributed by atoms with Gasteiger partial charge in [0.05, 0.1) is 22.6 Å². The molecule has 0 spiro atoms. The van der Waals surface area contributed by atoms with Gasteiger partial charge in [-0.3, -0.25) is 4.79 Å². The Morgan fingerprint density at radius 2 is 1.70 bits per heavy atom. The van der Waals surface area contributed by atoms with E-state index in [0.717, 1.165) is 64.1 Å². The molecular weight excluding hydrogens is 542 g/mol. The Morgan fingerprint density at radius 1 is 1.02 bits per heavy atom. The number of likely N-dealkylation sites (tertiary alicyclic amines) is 1. The zero-order chi connectivity index (χ0) is 28.7. The molecule has 0 bridgehead atoms. The van der Waals surface area contributed by atoms with Gasteiger partial charge in [0.15, 0.2) is 0 Å². The van der Waals surface area contributed by atoms with E-state index in [1.807, 2.05) is 39.0 Å². The molecule has 2 aromatic carbocycles. The van der Waals surface area contributed by atoms with Gasteiger partial charge < -0.3 is 9.64 Å². The van der Waals surface area contributed by atoms with Crippen LogP contribution in [0.1, 0.15) is 50.8 Å². The van der Waals surface area contributed by atoms with Crippen LogP contribution < -0.4 is 0 Å². The molecule has 1 aliphatic rings. The first kappa shape index (κ1) is 29.8. The Bertz CT molecular complexity index is 1380. The molecule has 7 nitrogen and oxygen atoms in total. The first-order valence-electron chi connectivity index (χ1n) is 13.3. The first-order chi connectivity index (χ1) is 19.1. The van der Waals surface area contributed by atoms with Crippen LogP contribution in [0.15, 0.2) is 72.0 Å². The van der Waals surface area contributed by atoms with Crippen molar-refractivity contribution in [3.8, 4) is 22.5 Å². The van der Waals surface area contributed by atoms with Crippen molar-refractivity contribution in [1.29, 1.82) is 0 Å². The molecule has 3 heterocycles. The monoisotopic (exact) mass is 577 g/mol. The summed E-state index contributed by atoms with van der Waals surface area (Å²) in [6.07, 6.45) is 5.59. The number of carbonyl (C=O) groups is 1. The Kier molecular flexibility index (Phi) is 10.0. The second-order valence-electron chi connectivity index (χ2n) is 10.9. The summed E-state index contributed by atoms with van der Waals surface area (Å²) in [7, 11) is 2.19. The predicted molar refractivity (Wildman–Crippen MR) is 163 cm³/mol. The van der Waals surface area contributed by atoms with Gasteiger partial charge in [-0.2, -0.15) is 5.10 Å². The minimum Gasteiger partial charge on any atom is -0.462 e. The summed E-state index contributed by atoms with van der Waals surface area (Å²) in [5.41, 5.74) is 6.15. The molecule has 4 aromatic rings. The Labute approximate surface area is 246 Å². The zero-order valence-corrected chi connectivity index (χ0v) is 25.2. The van der Waals surface area contributed by atoms with Crippen molar-refractivity contribution in [3.05, 3.63) is 83.4 Å². The Hall–Kier alpha value is -3.20. The molecule has 9 heteroatoms. The van der Waals surface area contributed by atoms with Gasteiger partial charge in [-0.15, -0.1) is 0 Å². The van der Waals surface area contributed by atoms with E-state index < -0.39 is 0 Å². The van der Waals surface area contributed by atoms with Crippen molar-refractivity contribution in [3.63, 3.8) is 0 Å². The Balaban J connectivity index is 0.000000470. The second kappa shape index (κ2) is 13.4. The molecule has 5 rings (SSSR count). The standard InChI is InChI=1S/C26H26ClN5S.C5H10O2/c1-18-3-9-22(10-4-18)33-32-26(20-5-7-21(27)8-6-20)24(23-11-14-28-17-29-23)25(30-32)19-12-15-31(2)16-13-19;1-5(2,3)7-4-6/h3-11,14,17,19H,12-13,15-16H2,1-2H3;4H,1-3H3. The molecular formula is C31H36ClN5O2S. The highest BCUT2D eigenvalue weighted by atomic mass is 35.5. The Morgan fingerprint density at radius 3 is 2.25 bits per heavy atom. The normalized spacial score (nSPS) is 14.3. The molecule has 2 aromatic heterocycles. The number of piperidine rings is 1. The van der Waals surface area contributed by atoms with Crippen molar-refractivity contribution in [1.82, 2.24) is 24.1 Å². The number of rotatable bonds is 6. The maximum atomic E-state index is 9.60. The molecule has 1 saturated heterocycles. The molecule has 210 valence electrons. The van der Waals surface area contributed by atoms with E-state index in [2.05, 4.69) is 74.1 Å². The van der Waals surface area contributed by atoms with Crippen molar-refractivity contribution in [2.45, 2.75) is 57.0 Å². The number of carbonyl (C=O) groups excluding carboxylic acids is 1. The van der Waals surface area contributed by atoms with Gasteiger partial charge in [-0.25, -0.2) is 14.1 Å². The van der Waals surface area contributed by atoms with E-state index >= 15 is 0 Å². The third-order valence-electron chi connectivity index (χ3n) is 6.56. The van der Waals surface area contributed by atoms with Gasteiger partial charge in [0.25, 0.3) is 6.47 Å². The SMILES string of the molecule is CC(C)(C)OC=O.Cc1ccc(Sn2nc(C3CCN(C)CC3)c(-c3ccncn3)c2-c2ccc(Cl)cc2)cc1. The lowest BCUT2D eigenvalue weighted by Crippen LogP contribution is -2.29. The highest BCUT2D eigenvalue weighted by Gasteiger charge is 2.29. The van der Waals surface area contributed by atoms with Crippen LogP contribution in [0.3, 0.4) is 0 Å². The van der Waals surface area contributed by atoms with Crippen molar-refractivity contribution in [2.75, 3.05) is 20.1 Å². The third kappa shape index (κ3) is 7.93. The summed E-state index contributed by atoms with van der Waals surface area (Å²) in [4.78, 5) is 21.9. The van der Waals surface area contributed by atoms with Crippen molar-refractivity contribution >= 4 is 30.0 Å². The number of hydrogen-bond donors (Lipinski definition) is 0. The van der Waals surface area contributed by atoms with Crippen LogP contribution >= 0.6 is 23.5 Å². The fraction of sp³-hybridized carbons (Fsp3) is 0.355. The quantitative estimate of drug-likeness (QED) is 0.223. The van der Waals surface area contributed by atoms with Gasteiger partial charge in [0.2, 0.25) is 0 Å². The third-order valence-corrected chi connectivity index (χ3v) is 7.73. The molecule has 1 fully saturated rings. The van der Waals surface area contributed by atoms with Crippen LogP contribution in [-0.2, 0) is 9.53 Å². The second-order valence-corrected chi connectivity index (χ2v) is 12.3. The summed E-state index contributed by atoms with van der Waals surface area (Å²) < 4.78 is 6.62. The van der Waals surface area contributed by atoms with Crippen molar-refractivity contribution in [2.24, 2.45) is 0 Å². The number of aromatic nitrogens is 4. The molecule has 40 heavy (non-hydrogen) atoms. The number of hydrogen-bond acceptors (Lipinski definition) is 7. The van der Waals surface area contributed by atoms with Crippen molar-refractivity contribution < 1.29 is 9.53 Å². The summed E-state index contributed by atoms with van der Waals surface area (Å²) in [5.74, 6) is 0.386. The lowest BCUT2D eigenvalue weighted by Gasteiger charge is -2.28. The smallest absolute Gasteiger partial charge is 0.293 e. The van der Waals surface area contributed by atoms with Crippen LogP contribution in [-0.4, -0.2) is 56.3 Å². The highest BCUT2D eigenvalue weighted by Crippen LogP contribution is 2.43. The topological polar surface area (TPSA) is 73.1 Å². The van der Waals surface area contributed by atoms with E-state index in [0.29, 0.717) is 12.4 Å². The van der Waals surface area contributed by atoms with Crippen LogP contribution in [0.25, 0.3) is 22.5 Å². The molecule has 0 amide bonds. The van der Waals surface area contributed by atoms with E-state index in [9.17, 15) is 4.79 Å². The van der Waals surface area contributed by atoms with Gasteiger partial charge in [-0.1, -0.05) is 41.4 Å². The average Bonchev–Trinajstić information content (AvgIpc) is 3.30. The fourth-order valence-electron chi connectivity index (χ4n) is 4.45. The van der Waals surface area contributed by atoms with Crippen LogP contribution in [0.4, 0.5) is 0 Å². The summed E-state index contributed by atoms with van der Waals surface area (Å²) in [6, 6.07) is 18.5. The average molecular weight is 578 g/mol. The number of benzene rings is 2. The number of nitrogens with zero attached hydrogens (tertiary/aromatic N) is 5. The van der Waals surface area contributed by atoms with E-state index in [1.165, 1.54) is 5.56 Å². The summed E-state index contributed by atoms with van der Waals surface area (Å²) in [5, 5.41) is 5.94. The molecule has 0 N–H and O–H groups in total.